The van der Waals surface area contributed by atoms with E-state index in [1.165, 1.54) is 35.9 Å². The van der Waals surface area contributed by atoms with Crippen LogP contribution in [0.25, 0.3) is 0 Å². The molecule has 0 unspecified atom stereocenters. The van der Waals surface area contributed by atoms with Crippen LogP contribution in [0.15, 0.2) is 52.3 Å². The molecule has 0 bridgehead atoms. The van der Waals surface area contributed by atoms with Gasteiger partial charge >= 0.3 is 5.97 Å². The molecule has 1 heterocycles. The molecule has 0 amide bonds. The third kappa shape index (κ3) is 4.36. The zero-order valence-corrected chi connectivity index (χ0v) is 19.3. The summed E-state index contributed by atoms with van der Waals surface area (Å²) in [6, 6.07) is 10.0. The van der Waals surface area contributed by atoms with E-state index in [0.717, 1.165) is 11.6 Å². The van der Waals surface area contributed by atoms with Crippen LogP contribution < -0.4 is 4.74 Å². The smallest absolute Gasteiger partial charge is 0.349 e. The van der Waals surface area contributed by atoms with Crippen molar-refractivity contribution in [3.05, 3.63) is 70.1 Å². The van der Waals surface area contributed by atoms with E-state index in [2.05, 4.69) is 5.10 Å². The lowest BCUT2D eigenvalue weighted by atomic mass is 10.1. The lowest BCUT2D eigenvalue weighted by Gasteiger charge is -2.22. The predicted octanol–water partition coefficient (Wildman–Crippen LogP) is 5.10. The summed E-state index contributed by atoms with van der Waals surface area (Å²) in [4.78, 5) is 12.6. The Morgan fingerprint density at radius 3 is 2.26 bits per heavy atom. The number of rotatable bonds is 4. The number of hydrogen-bond donors (Lipinski definition) is 0. The summed E-state index contributed by atoms with van der Waals surface area (Å²) in [6.07, 6.45) is 0. The molecule has 3 rings (SSSR count). The summed E-state index contributed by atoms with van der Waals surface area (Å²) in [6.45, 7) is 8.67. The van der Waals surface area contributed by atoms with Crippen molar-refractivity contribution in [1.82, 2.24) is 9.78 Å². The highest BCUT2D eigenvalue weighted by Gasteiger charge is 2.35. The molecule has 164 valence electrons. The summed E-state index contributed by atoms with van der Waals surface area (Å²) >= 11 is 5.98. The van der Waals surface area contributed by atoms with Gasteiger partial charge < -0.3 is 4.74 Å². The van der Waals surface area contributed by atoms with Crippen LogP contribution in [-0.2, 0) is 15.4 Å². The average molecular weight is 465 g/mol. The highest BCUT2D eigenvalue weighted by Crippen LogP contribution is 2.36. The first-order valence-electron chi connectivity index (χ1n) is 9.42. The summed E-state index contributed by atoms with van der Waals surface area (Å²) in [7, 11) is -4.09. The Balaban J connectivity index is 2.21. The molecule has 0 N–H and O–H groups in total. The van der Waals surface area contributed by atoms with Crippen molar-refractivity contribution in [2.45, 2.75) is 49.9 Å². The zero-order valence-electron chi connectivity index (χ0n) is 17.7. The number of nitrogens with zero attached hydrogens (tertiary/aromatic N) is 2. The maximum absolute atomic E-state index is 14.3. The monoisotopic (exact) mass is 464 g/mol. The van der Waals surface area contributed by atoms with Gasteiger partial charge in [-0.1, -0.05) is 35.4 Å². The molecule has 1 aromatic heterocycles. The van der Waals surface area contributed by atoms with Gasteiger partial charge in [-0.2, -0.15) is 5.10 Å². The molecule has 0 saturated carbocycles. The Morgan fingerprint density at radius 2 is 1.71 bits per heavy atom. The van der Waals surface area contributed by atoms with Crippen LogP contribution in [0.3, 0.4) is 0 Å². The molecule has 0 fully saturated rings. The molecular weight excluding hydrogens is 443 g/mol. The maximum Gasteiger partial charge on any atom is 0.349 e. The first-order chi connectivity index (χ1) is 14.3. The molecule has 31 heavy (non-hydrogen) atoms. The number of benzene rings is 2. The maximum atomic E-state index is 14.3. The number of ether oxygens (including phenoxy) is 1. The van der Waals surface area contributed by atoms with Gasteiger partial charge in [-0.05, 0) is 58.9 Å². The first-order valence-corrected chi connectivity index (χ1v) is 11.3. The Kier molecular flexibility index (Phi) is 5.99. The number of aryl methyl sites for hydroxylation is 2. The lowest BCUT2D eigenvalue weighted by Crippen LogP contribution is -2.26. The predicted molar refractivity (Wildman–Crippen MR) is 115 cm³/mol. The van der Waals surface area contributed by atoms with E-state index < -0.39 is 32.7 Å². The summed E-state index contributed by atoms with van der Waals surface area (Å²) in [5.74, 6) is -2.29. The van der Waals surface area contributed by atoms with Crippen molar-refractivity contribution in [2.24, 2.45) is 0 Å². The SMILES string of the molecule is Cc1ccc(S(=O)(=O)c2c(C)nn(C(C)(C)C)c2OC(=O)c2c(F)cccc2Cl)cc1. The van der Waals surface area contributed by atoms with E-state index in [9.17, 15) is 17.6 Å². The zero-order chi connectivity index (χ0) is 23.1. The van der Waals surface area contributed by atoms with E-state index in [0.29, 0.717) is 0 Å². The molecule has 0 spiro atoms. The quantitative estimate of drug-likeness (QED) is 0.502. The van der Waals surface area contributed by atoms with E-state index in [4.69, 9.17) is 16.3 Å². The highest BCUT2D eigenvalue weighted by molar-refractivity contribution is 7.91. The minimum atomic E-state index is -4.09. The fraction of sp³-hybridized carbons (Fsp3) is 0.273. The summed E-state index contributed by atoms with van der Waals surface area (Å²) in [5.41, 5.74) is -0.178. The van der Waals surface area contributed by atoms with Gasteiger partial charge in [0.05, 0.1) is 21.2 Å². The normalized spacial score (nSPS) is 12.1. The van der Waals surface area contributed by atoms with Gasteiger partial charge in [0, 0.05) is 0 Å². The van der Waals surface area contributed by atoms with E-state index in [-0.39, 0.29) is 26.4 Å². The number of carbonyl (C=O) groups excluding carboxylic acids is 1. The van der Waals surface area contributed by atoms with Crippen LogP contribution in [0.1, 0.15) is 42.4 Å². The second-order valence-electron chi connectivity index (χ2n) is 8.10. The number of sulfone groups is 1. The topological polar surface area (TPSA) is 78.3 Å². The third-order valence-corrected chi connectivity index (χ3v) is 6.77. The molecule has 6 nitrogen and oxygen atoms in total. The lowest BCUT2D eigenvalue weighted by molar-refractivity contribution is 0.0699. The van der Waals surface area contributed by atoms with E-state index in [1.54, 1.807) is 32.9 Å². The Morgan fingerprint density at radius 1 is 1.10 bits per heavy atom. The standard InChI is InChI=1S/C22H22ClFN2O4S/c1-13-9-11-15(12-10-13)31(28,29)19-14(2)25-26(22(3,4)5)20(19)30-21(27)18-16(23)7-6-8-17(18)24/h6-12H,1-5H3. The Labute approximate surface area is 185 Å². The number of halogens is 2. The number of esters is 1. The van der Waals surface area contributed by atoms with Crippen LogP contribution in [-0.4, -0.2) is 24.2 Å². The van der Waals surface area contributed by atoms with Gasteiger partial charge in [-0.3, -0.25) is 0 Å². The van der Waals surface area contributed by atoms with Crippen molar-refractivity contribution >= 4 is 27.4 Å². The third-order valence-electron chi connectivity index (χ3n) is 4.56. The van der Waals surface area contributed by atoms with Crippen molar-refractivity contribution in [1.29, 1.82) is 0 Å². The van der Waals surface area contributed by atoms with E-state index in [1.807, 2.05) is 6.92 Å². The molecule has 0 aliphatic rings. The van der Waals surface area contributed by atoms with Crippen LogP contribution >= 0.6 is 11.6 Å². The Hall–Kier alpha value is -2.71. The largest absolute Gasteiger partial charge is 0.403 e. The van der Waals surface area contributed by atoms with Crippen molar-refractivity contribution in [2.75, 3.05) is 0 Å². The van der Waals surface area contributed by atoms with Gasteiger partial charge in [0.15, 0.2) is 4.90 Å². The molecule has 0 atom stereocenters. The number of carbonyl (C=O) groups is 1. The van der Waals surface area contributed by atoms with Crippen molar-refractivity contribution in [3.8, 4) is 5.88 Å². The molecule has 0 aliphatic carbocycles. The van der Waals surface area contributed by atoms with Crippen LogP contribution in [0.2, 0.25) is 5.02 Å². The average Bonchev–Trinajstić information content (AvgIpc) is 2.99. The fourth-order valence-electron chi connectivity index (χ4n) is 3.01. The van der Waals surface area contributed by atoms with Gasteiger partial charge in [0.1, 0.15) is 11.4 Å². The first kappa shape index (κ1) is 23.0. The molecule has 0 aliphatic heterocycles. The second kappa shape index (κ2) is 8.09. The fourth-order valence-corrected chi connectivity index (χ4v) is 4.77. The molecule has 2 aromatic carbocycles. The molecule has 0 radical (unpaired) electrons. The van der Waals surface area contributed by atoms with Crippen LogP contribution in [0.5, 0.6) is 5.88 Å². The summed E-state index contributed by atoms with van der Waals surface area (Å²) < 4.78 is 47.9. The second-order valence-corrected chi connectivity index (χ2v) is 10.4. The van der Waals surface area contributed by atoms with Crippen LogP contribution in [0.4, 0.5) is 4.39 Å². The van der Waals surface area contributed by atoms with Gasteiger partial charge in [-0.25, -0.2) is 22.3 Å². The van der Waals surface area contributed by atoms with Crippen LogP contribution in [0, 0.1) is 19.7 Å². The van der Waals surface area contributed by atoms with E-state index >= 15 is 0 Å². The molecule has 0 saturated heterocycles. The van der Waals surface area contributed by atoms with Gasteiger partial charge in [0.2, 0.25) is 15.7 Å². The highest BCUT2D eigenvalue weighted by atomic mass is 35.5. The van der Waals surface area contributed by atoms with Crippen molar-refractivity contribution in [3.63, 3.8) is 0 Å². The molecule has 9 heteroatoms. The number of aromatic nitrogens is 2. The molecule has 3 aromatic rings. The summed E-state index contributed by atoms with van der Waals surface area (Å²) in [5, 5.41) is 4.17. The van der Waals surface area contributed by atoms with Gasteiger partial charge in [0.25, 0.3) is 0 Å². The van der Waals surface area contributed by atoms with Crippen molar-refractivity contribution < 1.29 is 22.3 Å². The number of hydrogen-bond acceptors (Lipinski definition) is 5. The minimum Gasteiger partial charge on any atom is -0.403 e. The van der Waals surface area contributed by atoms with Gasteiger partial charge in [-0.15, -0.1) is 0 Å². The molecular formula is C22H22ClFN2O4S. The minimum absolute atomic E-state index is 0.0240. The Bertz CT molecular complexity index is 1240.